The van der Waals surface area contributed by atoms with E-state index < -0.39 is 0 Å². The Balaban J connectivity index is 1.72. The molecule has 0 radical (unpaired) electrons. The van der Waals surface area contributed by atoms with Crippen molar-refractivity contribution in [3.05, 3.63) is 59.9 Å². The van der Waals surface area contributed by atoms with Gasteiger partial charge in [0.15, 0.2) is 0 Å². The maximum absolute atomic E-state index is 11.9. The fraction of sp³-hybridized carbons (Fsp3) is 0.294. The molecular formula is C17H20N2OS. The third-order valence-corrected chi connectivity index (χ3v) is 4.09. The number of benzene rings is 1. The Morgan fingerprint density at radius 1 is 1.19 bits per heavy atom. The Hall–Kier alpha value is -1.81. The molecule has 21 heavy (non-hydrogen) atoms. The highest BCUT2D eigenvalue weighted by atomic mass is 32.2. The summed E-state index contributed by atoms with van der Waals surface area (Å²) in [5, 5.41) is 2.98. The maximum atomic E-state index is 11.9. The summed E-state index contributed by atoms with van der Waals surface area (Å²) in [6.07, 6.45) is 3.61. The second-order valence-corrected chi connectivity index (χ2v) is 5.79. The Morgan fingerprint density at radius 3 is 2.76 bits per heavy atom. The molecule has 1 aromatic heterocycles. The monoisotopic (exact) mass is 300 g/mol. The van der Waals surface area contributed by atoms with E-state index in [0.717, 1.165) is 30.0 Å². The normalized spacial score (nSPS) is 10.3. The number of carbonyl (C=O) groups is 1. The summed E-state index contributed by atoms with van der Waals surface area (Å²) in [5.41, 5.74) is 3.17. The lowest BCUT2D eigenvalue weighted by Crippen LogP contribution is -2.15. The molecule has 1 N–H and O–H groups in total. The van der Waals surface area contributed by atoms with Gasteiger partial charge in [0.25, 0.3) is 0 Å². The van der Waals surface area contributed by atoms with Crippen molar-refractivity contribution in [1.29, 1.82) is 0 Å². The molecule has 0 spiro atoms. The highest BCUT2D eigenvalue weighted by molar-refractivity contribution is 7.99. The van der Waals surface area contributed by atoms with Crippen molar-refractivity contribution in [3.8, 4) is 0 Å². The third-order valence-electron chi connectivity index (χ3n) is 3.13. The minimum atomic E-state index is 0.0573. The van der Waals surface area contributed by atoms with Crippen molar-refractivity contribution in [1.82, 2.24) is 4.98 Å². The highest BCUT2D eigenvalue weighted by Gasteiger charge is 2.05. The van der Waals surface area contributed by atoms with Crippen LogP contribution in [0.5, 0.6) is 0 Å². The van der Waals surface area contributed by atoms with Gasteiger partial charge >= 0.3 is 0 Å². The summed E-state index contributed by atoms with van der Waals surface area (Å²) in [6, 6.07) is 13.9. The molecule has 1 amide bonds. The zero-order valence-electron chi connectivity index (χ0n) is 12.2. The lowest BCUT2D eigenvalue weighted by molar-refractivity contribution is -0.113. The van der Waals surface area contributed by atoms with Crippen molar-refractivity contribution in [3.63, 3.8) is 0 Å². The van der Waals surface area contributed by atoms with E-state index in [2.05, 4.69) is 17.2 Å². The minimum absolute atomic E-state index is 0.0573. The fourth-order valence-corrected chi connectivity index (χ4v) is 2.78. The van der Waals surface area contributed by atoms with Gasteiger partial charge in [0.05, 0.1) is 5.75 Å². The molecule has 2 aromatic rings. The van der Waals surface area contributed by atoms with E-state index in [1.54, 1.807) is 18.0 Å². The zero-order chi connectivity index (χ0) is 14.9. The molecule has 2 rings (SSSR count). The Kier molecular flexibility index (Phi) is 6.28. The van der Waals surface area contributed by atoms with Crippen LogP contribution in [0, 0.1) is 0 Å². The molecule has 0 aliphatic heterocycles. The number of pyridine rings is 1. The molecule has 4 heteroatoms. The summed E-state index contributed by atoms with van der Waals surface area (Å²) in [7, 11) is 0. The van der Waals surface area contributed by atoms with Gasteiger partial charge in [-0.05, 0) is 42.4 Å². The number of anilines is 1. The maximum Gasteiger partial charge on any atom is 0.234 e. The first-order valence-corrected chi connectivity index (χ1v) is 8.30. The molecule has 3 nitrogen and oxygen atoms in total. The largest absolute Gasteiger partial charge is 0.325 e. The molecule has 0 saturated carbocycles. The number of para-hydroxylation sites is 1. The van der Waals surface area contributed by atoms with E-state index in [1.165, 1.54) is 5.56 Å². The molecule has 0 atom stereocenters. The average Bonchev–Trinajstić information content (AvgIpc) is 2.53. The number of amides is 1. The molecule has 1 aromatic carbocycles. The number of aryl methyl sites for hydroxylation is 2. The predicted molar refractivity (Wildman–Crippen MR) is 89.7 cm³/mol. The van der Waals surface area contributed by atoms with Gasteiger partial charge in [-0.1, -0.05) is 31.2 Å². The van der Waals surface area contributed by atoms with Gasteiger partial charge in [-0.25, -0.2) is 0 Å². The molecule has 0 bridgehead atoms. The van der Waals surface area contributed by atoms with E-state index in [9.17, 15) is 4.79 Å². The van der Waals surface area contributed by atoms with E-state index in [-0.39, 0.29) is 5.91 Å². The summed E-state index contributed by atoms with van der Waals surface area (Å²) in [6.45, 7) is 2.09. The van der Waals surface area contributed by atoms with Crippen LogP contribution < -0.4 is 5.32 Å². The number of carbonyl (C=O) groups excluding carboxylic acids is 1. The van der Waals surface area contributed by atoms with Crippen LogP contribution in [0.1, 0.15) is 18.2 Å². The van der Waals surface area contributed by atoms with Crippen LogP contribution in [0.4, 0.5) is 5.69 Å². The van der Waals surface area contributed by atoms with Gasteiger partial charge in [0, 0.05) is 17.6 Å². The lowest BCUT2D eigenvalue weighted by Gasteiger charge is -2.09. The molecule has 0 unspecified atom stereocenters. The first-order chi connectivity index (χ1) is 10.3. The SMILES string of the molecule is CCc1ccccc1NC(=O)CSCCc1ccccn1. The molecule has 110 valence electrons. The Labute approximate surface area is 130 Å². The molecular weight excluding hydrogens is 280 g/mol. The molecule has 0 aliphatic rings. The van der Waals surface area contributed by atoms with Crippen LogP contribution in [-0.2, 0) is 17.6 Å². The minimum Gasteiger partial charge on any atom is -0.325 e. The quantitative estimate of drug-likeness (QED) is 0.795. The number of nitrogens with one attached hydrogen (secondary N) is 1. The van der Waals surface area contributed by atoms with Gasteiger partial charge in [0.2, 0.25) is 5.91 Å². The third kappa shape index (κ3) is 5.23. The van der Waals surface area contributed by atoms with Crippen molar-refractivity contribution < 1.29 is 4.79 Å². The van der Waals surface area contributed by atoms with E-state index in [0.29, 0.717) is 5.75 Å². The zero-order valence-corrected chi connectivity index (χ0v) is 13.0. The number of aromatic nitrogens is 1. The van der Waals surface area contributed by atoms with Crippen LogP contribution >= 0.6 is 11.8 Å². The summed E-state index contributed by atoms with van der Waals surface area (Å²) < 4.78 is 0. The molecule has 0 saturated heterocycles. The number of thioether (sulfide) groups is 1. The Bertz CT molecular complexity index is 572. The summed E-state index contributed by atoms with van der Waals surface area (Å²) in [4.78, 5) is 16.2. The average molecular weight is 300 g/mol. The van der Waals surface area contributed by atoms with E-state index in [4.69, 9.17) is 0 Å². The molecule has 1 heterocycles. The fourth-order valence-electron chi connectivity index (χ4n) is 2.02. The van der Waals surface area contributed by atoms with Gasteiger partial charge in [0.1, 0.15) is 0 Å². The van der Waals surface area contributed by atoms with Crippen molar-refractivity contribution in [2.45, 2.75) is 19.8 Å². The standard InChI is InChI=1S/C17H20N2OS/c1-2-14-7-3-4-9-16(14)19-17(20)13-21-12-10-15-8-5-6-11-18-15/h3-9,11H,2,10,12-13H2,1H3,(H,19,20). The van der Waals surface area contributed by atoms with Crippen LogP contribution in [0.2, 0.25) is 0 Å². The summed E-state index contributed by atoms with van der Waals surface area (Å²) >= 11 is 1.64. The van der Waals surface area contributed by atoms with Crippen LogP contribution in [0.15, 0.2) is 48.7 Å². The number of hydrogen-bond acceptors (Lipinski definition) is 3. The second-order valence-electron chi connectivity index (χ2n) is 4.68. The first-order valence-electron chi connectivity index (χ1n) is 7.15. The van der Waals surface area contributed by atoms with Crippen LogP contribution in [-0.4, -0.2) is 22.4 Å². The van der Waals surface area contributed by atoms with Gasteiger partial charge < -0.3 is 5.32 Å². The van der Waals surface area contributed by atoms with Crippen molar-refractivity contribution in [2.75, 3.05) is 16.8 Å². The highest BCUT2D eigenvalue weighted by Crippen LogP contribution is 2.16. The summed E-state index contributed by atoms with van der Waals surface area (Å²) in [5.74, 6) is 1.44. The van der Waals surface area contributed by atoms with E-state index >= 15 is 0 Å². The van der Waals surface area contributed by atoms with Crippen molar-refractivity contribution in [2.24, 2.45) is 0 Å². The molecule has 0 fully saturated rings. The predicted octanol–water partition coefficient (Wildman–Crippen LogP) is 3.56. The molecule has 0 aliphatic carbocycles. The first kappa shape index (κ1) is 15.6. The van der Waals surface area contributed by atoms with Gasteiger partial charge in [-0.15, -0.1) is 0 Å². The Morgan fingerprint density at radius 2 is 2.00 bits per heavy atom. The van der Waals surface area contributed by atoms with Gasteiger partial charge in [-0.2, -0.15) is 11.8 Å². The number of hydrogen-bond donors (Lipinski definition) is 1. The van der Waals surface area contributed by atoms with Crippen LogP contribution in [0.3, 0.4) is 0 Å². The number of nitrogens with zero attached hydrogens (tertiary/aromatic N) is 1. The smallest absolute Gasteiger partial charge is 0.234 e. The van der Waals surface area contributed by atoms with Crippen molar-refractivity contribution >= 4 is 23.4 Å². The lowest BCUT2D eigenvalue weighted by atomic mass is 10.1. The van der Waals surface area contributed by atoms with Crippen LogP contribution in [0.25, 0.3) is 0 Å². The topological polar surface area (TPSA) is 42.0 Å². The second kappa shape index (κ2) is 8.47. The van der Waals surface area contributed by atoms with Gasteiger partial charge in [-0.3, -0.25) is 9.78 Å². The number of rotatable bonds is 7. The van der Waals surface area contributed by atoms with E-state index in [1.807, 2.05) is 42.5 Å².